The molecule has 0 aliphatic rings. The van der Waals surface area contributed by atoms with E-state index in [1.165, 1.54) is 0 Å². The number of furan rings is 1. The average Bonchev–Trinajstić information content (AvgIpc) is 3.33. The van der Waals surface area contributed by atoms with Crippen LogP contribution in [0.2, 0.25) is 0 Å². The van der Waals surface area contributed by atoms with Gasteiger partial charge in [-0.05, 0) is 35.7 Å². The van der Waals surface area contributed by atoms with Gasteiger partial charge in [0.2, 0.25) is 0 Å². The van der Waals surface area contributed by atoms with E-state index in [1.807, 2.05) is 61.5 Å². The van der Waals surface area contributed by atoms with Gasteiger partial charge in [0.25, 0.3) is 0 Å². The van der Waals surface area contributed by atoms with Gasteiger partial charge in [-0.2, -0.15) is 0 Å². The van der Waals surface area contributed by atoms with Crippen LogP contribution in [0.4, 0.5) is 0 Å². The molecule has 29 heavy (non-hydrogen) atoms. The van der Waals surface area contributed by atoms with E-state index in [2.05, 4.69) is 36.4 Å². The van der Waals surface area contributed by atoms with Gasteiger partial charge in [0.05, 0.1) is 12.4 Å². The molecule has 0 radical (unpaired) electrons. The highest BCUT2D eigenvalue weighted by Crippen LogP contribution is 2.42. The first kappa shape index (κ1) is 19.2. The minimum atomic E-state index is -0.888. The standard InChI is InChI=1S/C26H24O3/c1-20(25(27)24-18-11-19-28-24)29-26(21-12-5-2-6-13-21,22-14-7-3-8-15-22)23-16-9-4-10-17-23/h2-20,25,27H,1H3/t20-,25+/m0/s1. The quantitative estimate of drug-likeness (QED) is 0.415. The Hall–Kier alpha value is -3.14. The fourth-order valence-electron chi connectivity index (χ4n) is 3.76. The van der Waals surface area contributed by atoms with E-state index >= 15 is 0 Å². The predicted octanol–water partition coefficient (Wildman–Crippen LogP) is 5.71. The third-order valence-electron chi connectivity index (χ3n) is 5.18. The number of aliphatic hydroxyl groups excluding tert-OH is 1. The van der Waals surface area contributed by atoms with E-state index in [0.29, 0.717) is 5.76 Å². The van der Waals surface area contributed by atoms with Crippen molar-refractivity contribution in [2.24, 2.45) is 0 Å². The molecule has 3 nitrogen and oxygen atoms in total. The molecule has 3 aromatic carbocycles. The van der Waals surface area contributed by atoms with E-state index in [1.54, 1.807) is 18.4 Å². The maximum Gasteiger partial charge on any atom is 0.144 e. The summed E-state index contributed by atoms with van der Waals surface area (Å²) in [5, 5.41) is 10.9. The van der Waals surface area contributed by atoms with E-state index in [-0.39, 0.29) is 0 Å². The lowest BCUT2D eigenvalue weighted by molar-refractivity contribution is -0.0996. The zero-order chi connectivity index (χ0) is 20.1. The minimum Gasteiger partial charge on any atom is -0.466 e. The number of hydrogen-bond acceptors (Lipinski definition) is 3. The Bertz CT molecular complexity index is 899. The largest absolute Gasteiger partial charge is 0.466 e. The molecule has 0 amide bonds. The summed E-state index contributed by atoms with van der Waals surface area (Å²) in [6, 6.07) is 33.9. The van der Waals surface area contributed by atoms with Gasteiger partial charge in [-0.3, -0.25) is 0 Å². The van der Waals surface area contributed by atoms with Crippen molar-refractivity contribution in [2.75, 3.05) is 0 Å². The highest BCUT2D eigenvalue weighted by Gasteiger charge is 2.40. The normalized spacial score (nSPS) is 13.7. The molecule has 1 N–H and O–H groups in total. The van der Waals surface area contributed by atoms with Crippen LogP contribution in [0.3, 0.4) is 0 Å². The maximum atomic E-state index is 10.9. The second-order valence-corrected chi connectivity index (χ2v) is 7.06. The third kappa shape index (κ3) is 3.75. The highest BCUT2D eigenvalue weighted by atomic mass is 16.5. The highest BCUT2D eigenvalue weighted by molar-refractivity contribution is 5.47. The number of ether oxygens (including phenoxy) is 1. The SMILES string of the molecule is C[C@H](OC(c1ccccc1)(c1ccccc1)c1ccccc1)[C@@H](O)c1ccco1. The van der Waals surface area contributed by atoms with Gasteiger partial charge >= 0.3 is 0 Å². The summed E-state index contributed by atoms with van der Waals surface area (Å²) in [5.74, 6) is 0.487. The van der Waals surface area contributed by atoms with Crippen molar-refractivity contribution >= 4 is 0 Å². The first-order valence-corrected chi connectivity index (χ1v) is 9.77. The van der Waals surface area contributed by atoms with Crippen LogP contribution in [0, 0.1) is 0 Å². The minimum absolute atomic E-state index is 0.487. The van der Waals surface area contributed by atoms with Crippen LogP contribution in [0.25, 0.3) is 0 Å². The molecule has 1 aromatic heterocycles. The first-order chi connectivity index (χ1) is 14.2. The molecule has 0 bridgehead atoms. The van der Waals surface area contributed by atoms with Crippen LogP contribution in [0.15, 0.2) is 114 Å². The summed E-state index contributed by atoms with van der Waals surface area (Å²) >= 11 is 0. The smallest absolute Gasteiger partial charge is 0.144 e. The van der Waals surface area contributed by atoms with Crippen LogP contribution in [-0.2, 0) is 10.3 Å². The Morgan fingerprint density at radius 2 is 1.14 bits per heavy atom. The van der Waals surface area contributed by atoms with Crippen molar-refractivity contribution in [3.8, 4) is 0 Å². The van der Waals surface area contributed by atoms with Crippen LogP contribution >= 0.6 is 0 Å². The molecule has 146 valence electrons. The number of aliphatic hydroxyl groups is 1. The fraction of sp³-hybridized carbons (Fsp3) is 0.154. The van der Waals surface area contributed by atoms with E-state index in [0.717, 1.165) is 16.7 Å². The average molecular weight is 384 g/mol. The Kier molecular flexibility index (Phi) is 5.61. The van der Waals surface area contributed by atoms with Crippen molar-refractivity contribution in [3.63, 3.8) is 0 Å². The van der Waals surface area contributed by atoms with Crippen LogP contribution in [0.1, 0.15) is 35.5 Å². The number of rotatable bonds is 7. The van der Waals surface area contributed by atoms with E-state index < -0.39 is 17.8 Å². The molecule has 0 unspecified atom stereocenters. The van der Waals surface area contributed by atoms with E-state index in [4.69, 9.17) is 9.15 Å². The summed E-state index contributed by atoms with van der Waals surface area (Å²) in [5.41, 5.74) is 2.11. The van der Waals surface area contributed by atoms with Crippen molar-refractivity contribution in [3.05, 3.63) is 132 Å². The van der Waals surface area contributed by atoms with Crippen molar-refractivity contribution in [1.29, 1.82) is 0 Å². The summed E-state index contributed by atoms with van der Waals surface area (Å²) in [6.45, 7) is 1.87. The monoisotopic (exact) mass is 384 g/mol. The van der Waals surface area contributed by atoms with Crippen LogP contribution < -0.4 is 0 Å². The summed E-state index contributed by atoms with van der Waals surface area (Å²) in [4.78, 5) is 0. The van der Waals surface area contributed by atoms with Gasteiger partial charge in [-0.25, -0.2) is 0 Å². The molecule has 4 aromatic rings. The predicted molar refractivity (Wildman–Crippen MR) is 113 cm³/mol. The lowest BCUT2D eigenvalue weighted by Crippen LogP contribution is -2.38. The molecule has 1 heterocycles. The molecule has 0 fully saturated rings. The molecule has 0 spiro atoms. The molecule has 4 rings (SSSR count). The summed E-state index contributed by atoms with van der Waals surface area (Å²) in [7, 11) is 0. The lowest BCUT2D eigenvalue weighted by Gasteiger charge is -2.39. The lowest BCUT2D eigenvalue weighted by atomic mass is 9.79. The van der Waals surface area contributed by atoms with Crippen molar-refractivity contribution in [2.45, 2.75) is 24.7 Å². The van der Waals surface area contributed by atoms with Gasteiger partial charge in [0.15, 0.2) is 0 Å². The molecule has 0 aliphatic heterocycles. The van der Waals surface area contributed by atoms with Crippen LogP contribution in [0.5, 0.6) is 0 Å². The number of hydrogen-bond donors (Lipinski definition) is 1. The number of benzene rings is 3. The van der Waals surface area contributed by atoms with Gasteiger partial charge < -0.3 is 14.3 Å². The molecular formula is C26H24O3. The second kappa shape index (κ2) is 8.48. The molecular weight excluding hydrogens is 360 g/mol. The topological polar surface area (TPSA) is 42.6 Å². The summed E-state index contributed by atoms with van der Waals surface area (Å²) < 4.78 is 12.2. The molecule has 0 saturated heterocycles. The first-order valence-electron chi connectivity index (χ1n) is 9.77. The molecule has 0 saturated carbocycles. The van der Waals surface area contributed by atoms with Crippen molar-refractivity contribution in [1.82, 2.24) is 0 Å². The molecule has 2 atom stereocenters. The summed E-state index contributed by atoms with van der Waals surface area (Å²) in [6.07, 6.45) is 0.145. The Balaban J connectivity index is 1.88. The van der Waals surface area contributed by atoms with Gasteiger partial charge in [0.1, 0.15) is 17.5 Å². The molecule has 3 heteroatoms. The van der Waals surface area contributed by atoms with Gasteiger partial charge in [0, 0.05) is 0 Å². The maximum absolute atomic E-state index is 10.9. The van der Waals surface area contributed by atoms with Crippen molar-refractivity contribution < 1.29 is 14.3 Å². The van der Waals surface area contributed by atoms with Gasteiger partial charge in [-0.15, -0.1) is 0 Å². The van der Waals surface area contributed by atoms with E-state index in [9.17, 15) is 5.11 Å². The Morgan fingerprint density at radius 3 is 1.52 bits per heavy atom. The molecule has 0 aliphatic carbocycles. The fourth-order valence-corrected chi connectivity index (χ4v) is 3.76. The van der Waals surface area contributed by atoms with Gasteiger partial charge in [-0.1, -0.05) is 91.0 Å². The van der Waals surface area contributed by atoms with Crippen LogP contribution in [-0.4, -0.2) is 11.2 Å². The zero-order valence-electron chi connectivity index (χ0n) is 16.3. The second-order valence-electron chi connectivity index (χ2n) is 7.06. The third-order valence-corrected chi connectivity index (χ3v) is 5.18. The zero-order valence-corrected chi connectivity index (χ0v) is 16.3. The Morgan fingerprint density at radius 1 is 0.690 bits per heavy atom. The Labute approximate surface area is 171 Å².